The van der Waals surface area contributed by atoms with Crippen LogP contribution in [-0.2, 0) is 14.3 Å². The fourth-order valence-corrected chi connectivity index (χ4v) is 5.08. The molecular weight excluding hydrogens is 362 g/mol. The first-order chi connectivity index (χ1) is 14.2. The van der Waals surface area contributed by atoms with Crippen LogP contribution in [0.5, 0.6) is 0 Å². The molecule has 0 aromatic heterocycles. The van der Waals surface area contributed by atoms with E-state index in [0.29, 0.717) is 25.1 Å². The van der Waals surface area contributed by atoms with Crippen LogP contribution in [-0.4, -0.2) is 35.5 Å². The molecule has 2 aliphatic carbocycles. The van der Waals surface area contributed by atoms with Gasteiger partial charge in [0.05, 0.1) is 13.0 Å². The number of hydrogen-bond acceptors (Lipinski definition) is 3. The molecule has 0 saturated heterocycles. The van der Waals surface area contributed by atoms with Crippen LogP contribution in [0.3, 0.4) is 0 Å². The van der Waals surface area contributed by atoms with Gasteiger partial charge in [-0.15, -0.1) is 0 Å². The number of rotatable bonds is 13. The number of unbranched alkanes of at least 4 members (excludes halogenated alkanes) is 6. The fraction of sp³-hybridized carbons (Fsp3) is 0.920. The molecule has 0 atom stereocenters. The minimum absolute atomic E-state index is 0.191. The molecule has 2 aliphatic rings. The molecule has 2 rings (SSSR count). The minimum Gasteiger partial charge on any atom is -0.466 e. The Balaban J connectivity index is 1.66. The maximum Gasteiger partial charge on any atom is 0.306 e. The highest BCUT2D eigenvalue weighted by atomic mass is 16.5. The van der Waals surface area contributed by atoms with Crippen molar-refractivity contribution in [3.63, 3.8) is 0 Å². The molecule has 0 radical (unpaired) electrons. The molecule has 4 heteroatoms. The highest BCUT2D eigenvalue weighted by molar-refractivity contribution is 5.81. The molecule has 168 valence electrons. The number of carbonyl (C=O) groups is 2. The average Bonchev–Trinajstić information content (AvgIpc) is 2.76. The average molecular weight is 408 g/mol. The lowest BCUT2D eigenvalue weighted by Crippen LogP contribution is -2.48. The Morgan fingerprint density at radius 2 is 1.24 bits per heavy atom. The van der Waals surface area contributed by atoms with Gasteiger partial charge in [0.1, 0.15) is 0 Å². The summed E-state index contributed by atoms with van der Waals surface area (Å²) in [6.45, 7) is 2.74. The molecule has 29 heavy (non-hydrogen) atoms. The number of carbonyl (C=O) groups excluding carboxylic acids is 2. The van der Waals surface area contributed by atoms with Gasteiger partial charge < -0.3 is 9.64 Å². The van der Waals surface area contributed by atoms with Crippen LogP contribution in [0.25, 0.3) is 0 Å². The number of amides is 1. The molecule has 0 aromatic carbocycles. The van der Waals surface area contributed by atoms with E-state index in [0.717, 1.165) is 38.5 Å². The second-order valence-electron chi connectivity index (χ2n) is 9.23. The molecular formula is C25H45NO3. The van der Waals surface area contributed by atoms with Crippen molar-refractivity contribution in [2.75, 3.05) is 6.61 Å². The van der Waals surface area contributed by atoms with Gasteiger partial charge in [0, 0.05) is 18.5 Å². The third-order valence-corrected chi connectivity index (χ3v) is 6.78. The third kappa shape index (κ3) is 9.53. The first-order valence-corrected chi connectivity index (χ1v) is 12.7. The predicted molar refractivity (Wildman–Crippen MR) is 119 cm³/mol. The largest absolute Gasteiger partial charge is 0.466 e. The van der Waals surface area contributed by atoms with Crippen molar-refractivity contribution < 1.29 is 14.3 Å². The van der Waals surface area contributed by atoms with Gasteiger partial charge in [-0.25, -0.2) is 0 Å². The van der Waals surface area contributed by atoms with E-state index in [4.69, 9.17) is 4.74 Å². The first-order valence-electron chi connectivity index (χ1n) is 12.7. The van der Waals surface area contributed by atoms with Crippen LogP contribution in [0.4, 0.5) is 0 Å². The Hall–Kier alpha value is -1.06. The summed E-state index contributed by atoms with van der Waals surface area (Å²) in [5.41, 5.74) is 0. The zero-order valence-corrected chi connectivity index (χ0v) is 19.0. The van der Waals surface area contributed by atoms with Gasteiger partial charge in [0.15, 0.2) is 0 Å². The van der Waals surface area contributed by atoms with Gasteiger partial charge in [0.2, 0.25) is 5.91 Å². The van der Waals surface area contributed by atoms with E-state index in [2.05, 4.69) is 11.8 Å². The Morgan fingerprint density at radius 1 is 0.724 bits per heavy atom. The van der Waals surface area contributed by atoms with E-state index in [1.54, 1.807) is 0 Å². The Labute approximate surface area is 179 Å². The third-order valence-electron chi connectivity index (χ3n) is 6.78. The fourth-order valence-electron chi connectivity index (χ4n) is 5.08. The van der Waals surface area contributed by atoms with Gasteiger partial charge in [0.25, 0.3) is 0 Å². The van der Waals surface area contributed by atoms with Crippen LogP contribution >= 0.6 is 0 Å². The maximum atomic E-state index is 13.1. The summed E-state index contributed by atoms with van der Waals surface area (Å²) in [6.07, 6.45) is 21.2. The number of nitrogens with zero attached hydrogens (tertiary/aromatic N) is 1. The molecule has 2 saturated carbocycles. The predicted octanol–water partition coefficient (Wildman–Crippen LogP) is 6.55. The zero-order chi connectivity index (χ0) is 20.7. The minimum atomic E-state index is -0.198. The molecule has 1 amide bonds. The van der Waals surface area contributed by atoms with E-state index in [1.165, 1.54) is 70.6 Å². The van der Waals surface area contributed by atoms with Crippen molar-refractivity contribution in [1.29, 1.82) is 0 Å². The summed E-state index contributed by atoms with van der Waals surface area (Å²) >= 11 is 0. The molecule has 0 aliphatic heterocycles. The maximum absolute atomic E-state index is 13.1. The summed E-state index contributed by atoms with van der Waals surface area (Å²) in [5, 5.41) is 0. The molecule has 0 bridgehead atoms. The van der Waals surface area contributed by atoms with Crippen LogP contribution in [0.15, 0.2) is 0 Å². The van der Waals surface area contributed by atoms with Crippen molar-refractivity contribution in [2.45, 2.75) is 141 Å². The Morgan fingerprint density at radius 3 is 1.79 bits per heavy atom. The number of ether oxygens (including phenoxy) is 1. The quantitative estimate of drug-likeness (QED) is 0.257. The molecule has 0 unspecified atom stereocenters. The van der Waals surface area contributed by atoms with E-state index in [9.17, 15) is 9.59 Å². The standard InChI is InChI=1S/C25H45NO3/c1-2-3-4-5-6-7-14-21-29-25(28)20-19-24(27)26(22-15-10-8-11-16-22)23-17-12-9-13-18-23/h22-23H,2-21H2,1H3. The lowest BCUT2D eigenvalue weighted by atomic mass is 9.88. The van der Waals surface area contributed by atoms with Crippen LogP contribution in [0.1, 0.15) is 129 Å². The topological polar surface area (TPSA) is 46.6 Å². The van der Waals surface area contributed by atoms with Crippen molar-refractivity contribution in [2.24, 2.45) is 0 Å². The van der Waals surface area contributed by atoms with Crippen LogP contribution < -0.4 is 0 Å². The first kappa shape index (κ1) is 24.2. The van der Waals surface area contributed by atoms with Gasteiger partial charge in [-0.2, -0.15) is 0 Å². The van der Waals surface area contributed by atoms with Gasteiger partial charge in [-0.1, -0.05) is 84.0 Å². The van der Waals surface area contributed by atoms with E-state index in [1.807, 2.05) is 0 Å². The molecule has 0 N–H and O–H groups in total. The second kappa shape index (κ2) is 14.8. The number of esters is 1. The summed E-state index contributed by atoms with van der Waals surface area (Å²) in [6, 6.07) is 0.811. The summed E-state index contributed by atoms with van der Waals surface area (Å²) < 4.78 is 5.38. The van der Waals surface area contributed by atoms with Crippen LogP contribution in [0, 0.1) is 0 Å². The highest BCUT2D eigenvalue weighted by Gasteiger charge is 2.32. The second-order valence-corrected chi connectivity index (χ2v) is 9.23. The molecule has 0 aromatic rings. The molecule has 2 fully saturated rings. The Bertz CT molecular complexity index is 435. The molecule has 0 spiro atoms. The molecule has 0 heterocycles. The van der Waals surface area contributed by atoms with Gasteiger partial charge in [-0.3, -0.25) is 9.59 Å². The smallest absolute Gasteiger partial charge is 0.306 e. The zero-order valence-electron chi connectivity index (χ0n) is 19.0. The highest BCUT2D eigenvalue weighted by Crippen LogP contribution is 2.31. The van der Waals surface area contributed by atoms with Crippen molar-refractivity contribution >= 4 is 11.9 Å². The van der Waals surface area contributed by atoms with Crippen LogP contribution in [0.2, 0.25) is 0 Å². The van der Waals surface area contributed by atoms with Crippen molar-refractivity contribution in [1.82, 2.24) is 4.90 Å². The Kier molecular flexibility index (Phi) is 12.4. The van der Waals surface area contributed by atoms with Gasteiger partial charge >= 0.3 is 5.97 Å². The lowest BCUT2D eigenvalue weighted by molar-refractivity contribution is -0.148. The van der Waals surface area contributed by atoms with Gasteiger partial charge in [-0.05, 0) is 32.1 Å². The SMILES string of the molecule is CCCCCCCCCOC(=O)CCC(=O)N(C1CCCCC1)C1CCCCC1. The molecule has 4 nitrogen and oxygen atoms in total. The van der Waals surface area contributed by atoms with E-state index >= 15 is 0 Å². The summed E-state index contributed by atoms with van der Waals surface area (Å²) in [4.78, 5) is 27.4. The van der Waals surface area contributed by atoms with Crippen molar-refractivity contribution in [3.8, 4) is 0 Å². The van der Waals surface area contributed by atoms with E-state index < -0.39 is 0 Å². The van der Waals surface area contributed by atoms with Crippen molar-refractivity contribution in [3.05, 3.63) is 0 Å². The summed E-state index contributed by atoms with van der Waals surface area (Å²) in [7, 11) is 0. The monoisotopic (exact) mass is 407 g/mol. The summed E-state index contributed by atoms with van der Waals surface area (Å²) in [5.74, 6) is -0.00625. The normalized spacial score (nSPS) is 18.5. The van der Waals surface area contributed by atoms with E-state index in [-0.39, 0.29) is 18.3 Å². The lowest BCUT2D eigenvalue weighted by Gasteiger charge is -2.42. The number of hydrogen-bond donors (Lipinski definition) is 0.